The molecule has 0 spiro atoms. The highest BCUT2D eigenvalue weighted by Crippen LogP contribution is 2.49. The lowest BCUT2D eigenvalue weighted by atomic mass is 9.86. The number of carbonyl (C=O) groups is 1. The summed E-state index contributed by atoms with van der Waals surface area (Å²) in [4.78, 5) is 16.2. The number of hydrogen-bond acceptors (Lipinski definition) is 5. The molecule has 5 nitrogen and oxygen atoms in total. The van der Waals surface area contributed by atoms with Crippen LogP contribution in [-0.4, -0.2) is 16.1 Å². The summed E-state index contributed by atoms with van der Waals surface area (Å²) in [6.07, 6.45) is 5.51. The molecule has 2 saturated carbocycles. The van der Waals surface area contributed by atoms with Crippen molar-refractivity contribution in [2.45, 2.75) is 38.7 Å². The number of ether oxygens (including phenoxy) is 1. The van der Waals surface area contributed by atoms with Gasteiger partial charge in [-0.2, -0.15) is 4.98 Å². The topological polar surface area (TPSA) is 65.2 Å². The first kappa shape index (κ1) is 15.3. The molecule has 24 heavy (non-hydrogen) atoms. The highest BCUT2D eigenvalue weighted by atomic mass is 19.1. The Morgan fingerprint density at radius 2 is 2.08 bits per heavy atom. The van der Waals surface area contributed by atoms with Crippen LogP contribution in [0.1, 0.15) is 38.0 Å². The lowest BCUT2D eigenvalue weighted by Gasteiger charge is -2.20. The number of carbonyl (C=O) groups excluding carboxylic acids is 1. The van der Waals surface area contributed by atoms with E-state index in [4.69, 9.17) is 9.26 Å². The second-order valence-electron chi connectivity index (χ2n) is 6.82. The molecule has 0 saturated heterocycles. The normalized spacial score (nSPS) is 25.1. The van der Waals surface area contributed by atoms with Crippen LogP contribution < -0.4 is 0 Å². The summed E-state index contributed by atoms with van der Waals surface area (Å²) in [5.74, 6) is 2.09. The van der Waals surface area contributed by atoms with E-state index in [0.29, 0.717) is 29.6 Å². The fourth-order valence-electron chi connectivity index (χ4n) is 4.07. The van der Waals surface area contributed by atoms with Gasteiger partial charge in [0.1, 0.15) is 5.82 Å². The number of esters is 1. The molecule has 0 amide bonds. The third-order valence-corrected chi connectivity index (χ3v) is 5.24. The molecular weight excluding hydrogens is 311 g/mol. The van der Waals surface area contributed by atoms with E-state index in [9.17, 15) is 9.18 Å². The largest absolute Gasteiger partial charge is 0.456 e. The number of hydrogen-bond donors (Lipinski definition) is 0. The Labute approximate surface area is 139 Å². The van der Waals surface area contributed by atoms with Gasteiger partial charge >= 0.3 is 5.97 Å². The zero-order valence-corrected chi connectivity index (χ0v) is 13.3. The molecule has 2 aliphatic carbocycles. The summed E-state index contributed by atoms with van der Waals surface area (Å²) in [5.41, 5.74) is 0.653. The van der Waals surface area contributed by atoms with Gasteiger partial charge in [0.15, 0.2) is 6.61 Å². The molecule has 4 rings (SSSR count). The van der Waals surface area contributed by atoms with Crippen molar-refractivity contribution in [3.05, 3.63) is 36.0 Å². The standard InChI is InChI=1S/C18H19FN2O3/c19-15-5-3-12(4-6-15)18-20-16(24-21-18)10-23-17(22)9-14-8-11-1-2-13(14)7-11/h3-6,11,13-14H,1-2,7-10H2/t11-,13-,14+/m1/s1. The number of benzene rings is 1. The minimum atomic E-state index is -0.322. The van der Waals surface area contributed by atoms with E-state index in [0.717, 1.165) is 12.3 Å². The van der Waals surface area contributed by atoms with Crippen LogP contribution in [0.25, 0.3) is 11.4 Å². The second-order valence-corrected chi connectivity index (χ2v) is 6.82. The number of halogens is 1. The first-order chi connectivity index (χ1) is 11.7. The van der Waals surface area contributed by atoms with Gasteiger partial charge in [0.2, 0.25) is 5.82 Å². The average molecular weight is 330 g/mol. The molecule has 126 valence electrons. The van der Waals surface area contributed by atoms with E-state index < -0.39 is 0 Å². The molecule has 1 aromatic carbocycles. The van der Waals surface area contributed by atoms with Crippen LogP contribution in [0.3, 0.4) is 0 Å². The fraction of sp³-hybridized carbons (Fsp3) is 0.500. The van der Waals surface area contributed by atoms with Crippen molar-refractivity contribution in [3.8, 4) is 11.4 Å². The summed E-state index contributed by atoms with van der Waals surface area (Å²) in [6, 6.07) is 5.82. The quantitative estimate of drug-likeness (QED) is 0.781. The lowest BCUT2D eigenvalue weighted by Crippen LogP contribution is -2.17. The molecule has 6 heteroatoms. The number of nitrogens with zero attached hydrogens (tertiary/aromatic N) is 2. The van der Waals surface area contributed by atoms with Crippen LogP contribution in [0.5, 0.6) is 0 Å². The summed E-state index contributed by atoms with van der Waals surface area (Å²) in [7, 11) is 0. The number of rotatable bonds is 5. The van der Waals surface area contributed by atoms with Crippen LogP contribution in [0.2, 0.25) is 0 Å². The van der Waals surface area contributed by atoms with Crippen molar-refractivity contribution >= 4 is 5.97 Å². The van der Waals surface area contributed by atoms with Gasteiger partial charge in [0, 0.05) is 12.0 Å². The minimum Gasteiger partial charge on any atom is -0.456 e. The Hall–Kier alpha value is -2.24. The van der Waals surface area contributed by atoms with E-state index in [1.165, 1.54) is 31.4 Å². The molecule has 1 heterocycles. The summed E-state index contributed by atoms with van der Waals surface area (Å²) in [6.45, 7) is -0.0200. The van der Waals surface area contributed by atoms with Crippen LogP contribution in [0.15, 0.2) is 28.8 Å². The fourth-order valence-corrected chi connectivity index (χ4v) is 4.07. The van der Waals surface area contributed by atoms with E-state index >= 15 is 0 Å². The van der Waals surface area contributed by atoms with Crippen LogP contribution in [-0.2, 0) is 16.1 Å². The molecule has 0 unspecified atom stereocenters. The van der Waals surface area contributed by atoms with Gasteiger partial charge in [-0.1, -0.05) is 11.6 Å². The van der Waals surface area contributed by atoms with Gasteiger partial charge in [-0.05, 0) is 61.3 Å². The molecule has 0 N–H and O–H groups in total. The smallest absolute Gasteiger partial charge is 0.306 e. The zero-order chi connectivity index (χ0) is 16.5. The molecule has 1 aromatic heterocycles. The van der Waals surface area contributed by atoms with Gasteiger partial charge in [-0.3, -0.25) is 4.79 Å². The molecule has 3 atom stereocenters. The van der Waals surface area contributed by atoms with Gasteiger partial charge < -0.3 is 9.26 Å². The van der Waals surface area contributed by atoms with Gasteiger partial charge in [-0.15, -0.1) is 0 Å². The van der Waals surface area contributed by atoms with Gasteiger partial charge in [-0.25, -0.2) is 4.39 Å². The molecule has 2 aromatic rings. The maximum atomic E-state index is 12.9. The Morgan fingerprint density at radius 3 is 2.79 bits per heavy atom. The van der Waals surface area contributed by atoms with Crippen molar-refractivity contribution in [2.24, 2.45) is 17.8 Å². The molecule has 2 aliphatic rings. The Balaban J connectivity index is 1.30. The Bertz CT molecular complexity index is 728. The summed E-state index contributed by atoms with van der Waals surface area (Å²) in [5, 5.41) is 3.83. The maximum Gasteiger partial charge on any atom is 0.306 e. The Kier molecular flexibility index (Phi) is 4.04. The average Bonchev–Trinajstić information content (AvgIpc) is 3.30. The zero-order valence-electron chi connectivity index (χ0n) is 13.3. The molecule has 2 bridgehead atoms. The lowest BCUT2D eigenvalue weighted by molar-refractivity contribution is -0.147. The predicted octanol–water partition coefficient (Wildman–Crippen LogP) is 3.75. The van der Waals surface area contributed by atoms with Crippen LogP contribution >= 0.6 is 0 Å². The van der Waals surface area contributed by atoms with E-state index in [-0.39, 0.29) is 24.3 Å². The van der Waals surface area contributed by atoms with Gasteiger partial charge in [0.05, 0.1) is 0 Å². The molecule has 0 radical (unpaired) electrons. The highest BCUT2D eigenvalue weighted by molar-refractivity contribution is 5.69. The van der Waals surface area contributed by atoms with Crippen molar-refractivity contribution in [1.82, 2.24) is 10.1 Å². The molecular formula is C18H19FN2O3. The molecule has 0 aliphatic heterocycles. The first-order valence-electron chi connectivity index (χ1n) is 8.41. The Morgan fingerprint density at radius 1 is 1.25 bits per heavy atom. The van der Waals surface area contributed by atoms with E-state index in [2.05, 4.69) is 10.1 Å². The highest BCUT2D eigenvalue weighted by Gasteiger charge is 2.40. The monoisotopic (exact) mass is 330 g/mol. The molecule has 2 fully saturated rings. The third kappa shape index (κ3) is 3.18. The van der Waals surface area contributed by atoms with Crippen molar-refractivity contribution in [3.63, 3.8) is 0 Å². The van der Waals surface area contributed by atoms with Crippen LogP contribution in [0, 0.1) is 23.6 Å². The van der Waals surface area contributed by atoms with Crippen molar-refractivity contribution < 1.29 is 18.4 Å². The van der Waals surface area contributed by atoms with E-state index in [1.54, 1.807) is 12.1 Å². The predicted molar refractivity (Wildman–Crippen MR) is 83.0 cm³/mol. The number of fused-ring (bicyclic) bond motifs is 2. The third-order valence-electron chi connectivity index (χ3n) is 5.24. The summed E-state index contributed by atoms with van der Waals surface area (Å²) >= 11 is 0. The number of aromatic nitrogens is 2. The first-order valence-corrected chi connectivity index (χ1v) is 8.41. The van der Waals surface area contributed by atoms with Crippen LogP contribution in [0.4, 0.5) is 4.39 Å². The second kappa shape index (κ2) is 6.34. The van der Waals surface area contributed by atoms with Gasteiger partial charge in [0.25, 0.3) is 5.89 Å². The van der Waals surface area contributed by atoms with E-state index in [1.807, 2.05) is 0 Å². The SMILES string of the molecule is O=C(C[C@@H]1C[C@@H]2CC[C@@H]1C2)OCc1nc(-c2ccc(F)cc2)no1. The van der Waals surface area contributed by atoms with Crippen molar-refractivity contribution in [2.75, 3.05) is 0 Å². The summed E-state index contributed by atoms with van der Waals surface area (Å²) < 4.78 is 23.3. The van der Waals surface area contributed by atoms with Crippen molar-refractivity contribution in [1.29, 1.82) is 0 Å². The maximum absolute atomic E-state index is 12.9. The minimum absolute atomic E-state index is 0.0200.